The van der Waals surface area contributed by atoms with Crippen molar-refractivity contribution in [1.29, 1.82) is 5.26 Å². The zero-order chi connectivity index (χ0) is 15.8. The first kappa shape index (κ1) is 14.0. The van der Waals surface area contributed by atoms with Gasteiger partial charge in [0.05, 0.1) is 13.2 Å². The largest absolute Gasteiger partial charge is 0.381 e. The molecule has 3 aromatic rings. The van der Waals surface area contributed by atoms with Gasteiger partial charge in [-0.1, -0.05) is 12.1 Å². The first-order valence-corrected chi connectivity index (χ1v) is 7.98. The molecule has 4 rings (SSSR count). The van der Waals surface area contributed by atoms with Crippen LogP contribution >= 0.6 is 0 Å². The monoisotopic (exact) mass is 307 g/mol. The lowest BCUT2D eigenvalue weighted by Gasteiger charge is -2.10. The molecule has 0 fully saturated rings. The predicted molar refractivity (Wildman–Crippen MR) is 88.6 cm³/mol. The zero-order valence-corrected chi connectivity index (χ0v) is 13.1. The molecule has 1 aliphatic rings. The van der Waals surface area contributed by atoms with Gasteiger partial charge in [0.25, 0.3) is 0 Å². The van der Waals surface area contributed by atoms with Crippen LogP contribution in [0.4, 0.5) is 5.82 Å². The van der Waals surface area contributed by atoms with Gasteiger partial charge in [0.2, 0.25) is 11.5 Å². The molecule has 0 aliphatic heterocycles. The standard InChI is InChI=1S/C18H18N4O/c1-23-10-9-20-17-13-6-4-5-12(13)14(11-19)18-21-15-7-2-3-8-16(15)22(17)18/h2-3,7-8H,4-6,9-10H2,1H3,(H,20,21)/p+1. The second kappa shape index (κ2) is 5.56. The molecule has 0 amide bonds. The van der Waals surface area contributed by atoms with Crippen molar-refractivity contribution >= 4 is 22.5 Å². The normalized spacial score (nSPS) is 13.4. The van der Waals surface area contributed by atoms with Crippen LogP contribution in [-0.4, -0.2) is 25.2 Å². The smallest absolute Gasteiger partial charge is 0.250 e. The number of fused-ring (bicyclic) bond motifs is 4. The summed E-state index contributed by atoms with van der Waals surface area (Å²) in [6, 6.07) is 10.6. The summed E-state index contributed by atoms with van der Waals surface area (Å²) < 4.78 is 7.34. The fraction of sp³-hybridized carbons (Fsp3) is 0.333. The first-order chi connectivity index (χ1) is 11.3. The van der Waals surface area contributed by atoms with Crippen LogP contribution in [0.1, 0.15) is 23.1 Å². The number of imidazole rings is 1. The number of nitrogens with one attached hydrogen (secondary N) is 2. The average molecular weight is 307 g/mol. The van der Waals surface area contributed by atoms with Gasteiger partial charge < -0.3 is 10.1 Å². The van der Waals surface area contributed by atoms with Crippen molar-refractivity contribution < 1.29 is 9.14 Å². The van der Waals surface area contributed by atoms with E-state index in [0.29, 0.717) is 6.61 Å². The number of hydrogen-bond acceptors (Lipinski definition) is 3. The second-order valence-electron chi connectivity index (χ2n) is 5.89. The number of benzene rings is 1. The number of rotatable bonds is 4. The topological polar surface area (TPSA) is 64.9 Å². The Balaban J connectivity index is 2.06. The van der Waals surface area contributed by atoms with Crippen molar-refractivity contribution in [3.05, 3.63) is 41.0 Å². The van der Waals surface area contributed by atoms with Crippen molar-refractivity contribution in [3.63, 3.8) is 0 Å². The molecule has 5 heteroatoms. The van der Waals surface area contributed by atoms with Gasteiger partial charge in [-0.25, -0.2) is 0 Å². The summed E-state index contributed by atoms with van der Waals surface area (Å²) in [6.45, 7) is 1.40. The molecule has 1 aromatic carbocycles. The van der Waals surface area contributed by atoms with E-state index in [0.717, 1.165) is 53.9 Å². The molecule has 23 heavy (non-hydrogen) atoms. The number of aromatic nitrogens is 2. The van der Waals surface area contributed by atoms with Gasteiger partial charge in [0.15, 0.2) is 0 Å². The van der Waals surface area contributed by atoms with Gasteiger partial charge in [0, 0.05) is 12.7 Å². The van der Waals surface area contributed by atoms with Crippen LogP contribution in [0.3, 0.4) is 0 Å². The van der Waals surface area contributed by atoms with Gasteiger partial charge in [-0.2, -0.15) is 9.66 Å². The first-order valence-electron chi connectivity index (χ1n) is 7.98. The highest BCUT2D eigenvalue weighted by Gasteiger charge is 2.29. The molecular weight excluding hydrogens is 288 g/mol. The third-order valence-corrected chi connectivity index (χ3v) is 4.60. The van der Waals surface area contributed by atoms with Crippen LogP contribution in [0, 0.1) is 11.3 Å². The highest BCUT2D eigenvalue weighted by molar-refractivity contribution is 5.78. The molecule has 0 saturated carbocycles. The Labute approximate surface area is 134 Å². The lowest BCUT2D eigenvalue weighted by Crippen LogP contribution is -2.30. The lowest BCUT2D eigenvalue weighted by molar-refractivity contribution is -0.465. The van der Waals surface area contributed by atoms with Crippen molar-refractivity contribution in [1.82, 2.24) is 4.98 Å². The zero-order valence-electron chi connectivity index (χ0n) is 13.1. The SMILES string of the molecule is COCCNc1c2c(c(C#N)c3[nH]c4ccccc4[n+]13)CCC2. The molecule has 1 aliphatic carbocycles. The maximum Gasteiger partial charge on any atom is 0.250 e. The van der Waals surface area contributed by atoms with Gasteiger partial charge in [-0.15, -0.1) is 0 Å². The van der Waals surface area contributed by atoms with Crippen LogP contribution in [0.5, 0.6) is 0 Å². The molecule has 116 valence electrons. The van der Waals surface area contributed by atoms with E-state index >= 15 is 0 Å². The Morgan fingerprint density at radius 1 is 1.30 bits per heavy atom. The van der Waals surface area contributed by atoms with E-state index in [-0.39, 0.29) is 0 Å². The highest BCUT2D eigenvalue weighted by atomic mass is 16.5. The molecule has 0 radical (unpaired) electrons. The number of ether oxygens (including phenoxy) is 1. The van der Waals surface area contributed by atoms with Crippen LogP contribution < -0.4 is 9.72 Å². The number of nitriles is 1. The molecular formula is C18H19N4O+. The number of aromatic amines is 1. The summed E-state index contributed by atoms with van der Waals surface area (Å²) in [5, 5.41) is 13.2. The molecule has 0 saturated heterocycles. The Hall–Kier alpha value is -2.58. The predicted octanol–water partition coefficient (Wildman–Crippen LogP) is 2.33. The number of hydrogen-bond donors (Lipinski definition) is 2. The van der Waals surface area contributed by atoms with E-state index in [4.69, 9.17) is 4.74 Å². The third-order valence-electron chi connectivity index (χ3n) is 4.60. The maximum atomic E-state index is 9.71. The number of H-pyrrole nitrogens is 1. The van der Waals surface area contributed by atoms with E-state index in [1.54, 1.807) is 7.11 Å². The summed E-state index contributed by atoms with van der Waals surface area (Å²) in [4.78, 5) is 3.43. The summed E-state index contributed by atoms with van der Waals surface area (Å²) in [6.07, 6.45) is 3.10. The van der Waals surface area contributed by atoms with Gasteiger partial charge in [0.1, 0.15) is 22.7 Å². The summed E-state index contributed by atoms with van der Waals surface area (Å²) in [5.41, 5.74) is 6.27. The van der Waals surface area contributed by atoms with Crippen LogP contribution in [0.2, 0.25) is 0 Å². The number of methoxy groups -OCH3 is 1. The average Bonchev–Trinajstić information content (AvgIpc) is 3.19. The minimum atomic E-state index is 0.652. The van der Waals surface area contributed by atoms with Crippen molar-refractivity contribution in [2.45, 2.75) is 19.3 Å². The van der Waals surface area contributed by atoms with Crippen LogP contribution in [0.15, 0.2) is 24.3 Å². The Morgan fingerprint density at radius 2 is 2.13 bits per heavy atom. The molecule has 2 heterocycles. The second-order valence-corrected chi connectivity index (χ2v) is 5.89. The molecule has 0 unspecified atom stereocenters. The minimum absolute atomic E-state index is 0.652. The van der Waals surface area contributed by atoms with Gasteiger partial charge in [-0.3, -0.25) is 4.98 Å². The molecule has 2 N–H and O–H groups in total. The number of anilines is 1. The Kier molecular flexibility index (Phi) is 3.40. The molecule has 0 bridgehead atoms. The van der Waals surface area contributed by atoms with Gasteiger partial charge in [-0.05, 0) is 37.0 Å². The van der Waals surface area contributed by atoms with E-state index in [2.05, 4.69) is 26.8 Å². The lowest BCUT2D eigenvalue weighted by atomic mass is 10.1. The Bertz CT molecular complexity index is 936. The minimum Gasteiger partial charge on any atom is -0.381 e. The van der Waals surface area contributed by atoms with Crippen molar-refractivity contribution in [2.75, 3.05) is 25.6 Å². The van der Waals surface area contributed by atoms with Crippen molar-refractivity contribution in [3.8, 4) is 6.07 Å². The number of pyridine rings is 1. The van der Waals surface area contributed by atoms with E-state index < -0.39 is 0 Å². The molecule has 0 atom stereocenters. The summed E-state index contributed by atoms with van der Waals surface area (Å²) in [7, 11) is 1.71. The van der Waals surface area contributed by atoms with E-state index in [9.17, 15) is 5.26 Å². The van der Waals surface area contributed by atoms with E-state index in [1.165, 1.54) is 11.1 Å². The van der Waals surface area contributed by atoms with Crippen LogP contribution in [-0.2, 0) is 17.6 Å². The number of nitrogens with zero attached hydrogens (tertiary/aromatic N) is 2. The van der Waals surface area contributed by atoms with Crippen LogP contribution in [0.25, 0.3) is 16.7 Å². The third kappa shape index (κ3) is 2.07. The highest BCUT2D eigenvalue weighted by Crippen LogP contribution is 2.32. The molecule has 0 spiro atoms. The van der Waals surface area contributed by atoms with Gasteiger partial charge >= 0.3 is 0 Å². The fourth-order valence-electron chi connectivity index (χ4n) is 3.62. The summed E-state index contributed by atoms with van der Waals surface area (Å²) in [5.74, 6) is 1.10. The number of para-hydroxylation sites is 2. The fourth-order valence-corrected chi connectivity index (χ4v) is 3.62. The quantitative estimate of drug-likeness (QED) is 0.574. The molecule has 5 nitrogen and oxygen atoms in total. The summed E-state index contributed by atoms with van der Waals surface area (Å²) >= 11 is 0. The maximum absolute atomic E-state index is 9.71. The van der Waals surface area contributed by atoms with Crippen molar-refractivity contribution in [2.24, 2.45) is 0 Å². The van der Waals surface area contributed by atoms with E-state index in [1.807, 2.05) is 18.2 Å². The Morgan fingerprint density at radius 3 is 2.96 bits per heavy atom. The molecule has 2 aromatic heterocycles.